The van der Waals surface area contributed by atoms with Gasteiger partial charge in [0.2, 0.25) is 5.95 Å². The van der Waals surface area contributed by atoms with Crippen LogP contribution in [-0.2, 0) is 11.3 Å². The molecule has 170 valence electrons. The third-order valence-electron chi connectivity index (χ3n) is 6.28. The Morgan fingerprint density at radius 2 is 1.67 bits per heavy atom. The topological polar surface area (TPSA) is 83.8 Å². The lowest BCUT2D eigenvalue weighted by molar-refractivity contribution is -0.133. The molecule has 2 aromatic carbocycles. The highest BCUT2D eigenvalue weighted by Gasteiger charge is 2.54. The summed E-state index contributed by atoms with van der Waals surface area (Å²) in [5.74, 6) is 1.69. The number of fused-ring (bicyclic) bond motifs is 3. The zero-order valence-corrected chi connectivity index (χ0v) is 19.1. The van der Waals surface area contributed by atoms with Crippen LogP contribution in [0.15, 0.2) is 48.5 Å². The third kappa shape index (κ3) is 3.31. The molecule has 0 radical (unpaired) electrons. The van der Waals surface area contributed by atoms with E-state index in [4.69, 9.17) is 4.74 Å². The van der Waals surface area contributed by atoms with Crippen LogP contribution in [0.5, 0.6) is 5.75 Å². The van der Waals surface area contributed by atoms with Crippen LogP contribution in [0.3, 0.4) is 0 Å². The Bertz CT molecular complexity index is 1200. The number of urea groups is 1. The average molecular weight is 447 g/mol. The van der Waals surface area contributed by atoms with Gasteiger partial charge in [0.15, 0.2) is 11.9 Å². The van der Waals surface area contributed by atoms with Crippen LogP contribution in [-0.4, -0.2) is 63.2 Å². The molecule has 2 aliphatic rings. The van der Waals surface area contributed by atoms with E-state index >= 15 is 0 Å². The van der Waals surface area contributed by atoms with Gasteiger partial charge in [0.1, 0.15) is 11.9 Å². The first kappa shape index (κ1) is 21.0. The van der Waals surface area contributed by atoms with Gasteiger partial charge in [-0.2, -0.15) is 0 Å². The normalized spacial score (nSPS) is 19.7. The van der Waals surface area contributed by atoms with Crippen LogP contribution in [0.4, 0.5) is 10.7 Å². The Balaban J connectivity index is 1.60. The van der Waals surface area contributed by atoms with Gasteiger partial charge in [-0.25, -0.2) is 4.79 Å². The standard InChI is InChI=1S/C24H26N6O3/c1-5-33-18-12-10-17(11-13-18)20-25-26-23-29(14-16-8-6-15(2)7-9-16)19-21(30(20)23)27(3)24(32)28(4)22(19)31/h6-13,19,21H,5,14H2,1-4H3. The maximum absolute atomic E-state index is 13.3. The molecule has 1 saturated heterocycles. The molecule has 9 nitrogen and oxygen atoms in total. The third-order valence-corrected chi connectivity index (χ3v) is 6.28. The molecular weight excluding hydrogens is 420 g/mol. The van der Waals surface area contributed by atoms with Crippen molar-refractivity contribution in [1.82, 2.24) is 24.6 Å². The number of benzene rings is 2. The van der Waals surface area contributed by atoms with Crippen LogP contribution in [0.25, 0.3) is 11.4 Å². The Labute approximate surface area is 192 Å². The highest BCUT2D eigenvalue weighted by molar-refractivity contribution is 6.02. The molecule has 3 heterocycles. The van der Waals surface area contributed by atoms with E-state index in [9.17, 15) is 9.59 Å². The lowest BCUT2D eigenvalue weighted by atomic mass is 10.1. The summed E-state index contributed by atoms with van der Waals surface area (Å²) in [5.41, 5.74) is 3.05. The van der Waals surface area contributed by atoms with Crippen molar-refractivity contribution >= 4 is 17.9 Å². The van der Waals surface area contributed by atoms with E-state index in [1.54, 1.807) is 11.9 Å². The highest BCUT2D eigenvalue weighted by atomic mass is 16.5. The van der Waals surface area contributed by atoms with Crippen molar-refractivity contribution in [3.63, 3.8) is 0 Å². The minimum absolute atomic E-state index is 0.252. The maximum Gasteiger partial charge on any atom is 0.327 e. The second-order valence-corrected chi connectivity index (χ2v) is 8.41. The number of aryl methyl sites for hydroxylation is 1. The summed E-state index contributed by atoms with van der Waals surface area (Å²) in [7, 11) is 3.23. The summed E-state index contributed by atoms with van der Waals surface area (Å²) >= 11 is 0. The Morgan fingerprint density at radius 1 is 0.970 bits per heavy atom. The number of nitrogens with zero attached hydrogens (tertiary/aromatic N) is 6. The first-order chi connectivity index (χ1) is 15.9. The lowest BCUT2D eigenvalue weighted by Crippen LogP contribution is -2.61. The largest absolute Gasteiger partial charge is 0.494 e. The van der Waals surface area contributed by atoms with Crippen LogP contribution in [0.2, 0.25) is 0 Å². The predicted octanol–water partition coefficient (Wildman–Crippen LogP) is 3.06. The Kier molecular flexibility index (Phi) is 5.03. The summed E-state index contributed by atoms with van der Waals surface area (Å²) in [6, 6.07) is 14.8. The molecule has 1 fully saturated rings. The molecule has 2 atom stereocenters. The number of aromatic nitrogens is 3. The summed E-state index contributed by atoms with van der Waals surface area (Å²) in [4.78, 5) is 30.8. The van der Waals surface area contributed by atoms with Gasteiger partial charge >= 0.3 is 6.03 Å². The number of imide groups is 1. The predicted molar refractivity (Wildman–Crippen MR) is 123 cm³/mol. The van der Waals surface area contributed by atoms with Crippen LogP contribution >= 0.6 is 0 Å². The summed E-state index contributed by atoms with van der Waals surface area (Å²) in [6.45, 7) is 5.03. The molecule has 0 spiro atoms. The van der Waals surface area contributed by atoms with E-state index in [2.05, 4.69) is 10.2 Å². The molecule has 2 aliphatic heterocycles. The number of rotatable bonds is 5. The number of carbonyl (C=O) groups is 2. The second-order valence-electron chi connectivity index (χ2n) is 8.41. The molecule has 0 aliphatic carbocycles. The van der Waals surface area contributed by atoms with E-state index in [1.165, 1.54) is 11.9 Å². The fourth-order valence-electron chi connectivity index (χ4n) is 4.56. The first-order valence-corrected chi connectivity index (χ1v) is 11.0. The second kappa shape index (κ2) is 7.91. The number of hydrogen-bond acceptors (Lipinski definition) is 6. The van der Waals surface area contributed by atoms with Gasteiger partial charge in [-0.1, -0.05) is 29.8 Å². The zero-order valence-electron chi connectivity index (χ0n) is 19.1. The Morgan fingerprint density at radius 3 is 2.33 bits per heavy atom. The highest BCUT2D eigenvalue weighted by Crippen LogP contribution is 2.43. The summed E-state index contributed by atoms with van der Waals surface area (Å²) in [5, 5.41) is 8.92. The summed E-state index contributed by atoms with van der Waals surface area (Å²) in [6.07, 6.45) is -0.543. The molecule has 0 saturated carbocycles. The Hall–Kier alpha value is -3.88. The molecule has 3 amide bonds. The maximum atomic E-state index is 13.3. The van der Waals surface area contributed by atoms with Gasteiger partial charge < -0.3 is 14.5 Å². The van der Waals surface area contributed by atoms with E-state index in [1.807, 2.05) is 71.8 Å². The summed E-state index contributed by atoms with van der Waals surface area (Å²) < 4.78 is 7.45. The van der Waals surface area contributed by atoms with Crippen molar-refractivity contribution in [3.05, 3.63) is 59.7 Å². The van der Waals surface area contributed by atoms with Gasteiger partial charge in [-0.15, -0.1) is 10.2 Å². The van der Waals surface area contributed by atoms with Crippen molar-refractivity contribution in [2.24, 2.45) is 0 Å². The molecular formula is C24H26N6O3. The van der Waals surface area contributed by atoms with Gasteiger partial charge in [0, 0.05) is 26.2 Å². The smallest absolute Gasteiger partial charge is 0.327 e. The number of ether oxygens (including phenoxy) is 1. The fraction of sp³-hybridized carbons (Fsp3) is 0.333. The average Bonchev–Trinajstić information content (AvgIpc) is 3.37. The van der Waals surface area contributed by atoms with Gasteiger partial charge in [-0.05, 0) is 43.7 Å². The van der Waals surface area contributed by atoms with E-state index in [0.717, 1.165) is 22.4 Å². The minimum atomic E-state index is -0.592. The fourth-order valence-corrected chi connectivity index (χ4v) is 4.56. The molecule has 33 heavy (non-hydrogen) atoms. The number of carbonyl (C=O) groups excluding carboxylic acids is 2. The number of anilines is 1. The SMILES string of the molecule is CCOc1ccc(-c2nnc3n2C2C(C(=O)N(C)C(=O)N2C)N3Cc2ccc(C)cc2)cc1. The number of amides is 3. The molecule has 0 bridgehead atoms. The molecule has 5 rings (SSSR count). The van der Waals surface area contributed by atoms with Crippen molar-refractivity contribution in [2.75, 3.05) is 25.6 Å². The van der Waals surface area contributed by atoms with Gasteiger partial charge in [0.25, 0.3) is 5.91 Å². The van der Waals surface area contributed by atoms with Gasteiger partial charge in [-0.3, -0.25) is 14.3 Å². The first-order valence-electron chi connectivity index (χ1n) is 11.0. The number of likely N-dealkylation sites (N-methyl/N-ethyl adjacent to an activating group) is 2. The van der Waals surface area contributed by atoms with Crippen molar-refractivity contribution < 1.29 is 14.3 Å². The number of hydrogen-bond donors (Lipinski definition) is 0. The molecule has 1 aromatic heterocycles. The molecule has 2 unspecified atom stereocenters. The molecule has 0 N–H and O–H groups in total. The van der Waals surface area contributed by atoms with Crippen LogP contribution < -0.4 is 9.64 Å². The van der Waals surface area contributed by atoms with E-state index in [-0.39, 0.29) is 11.9 Å². The zero-order chi connectivity index (χ0) is 23.3. The molecule has 9 heteroatoms. The van der Waals surface area contributed by atoms with Crippen LogP contribution in [0.1, 0.15) is 24.2 Å². The van der Waals surface area contributed by atoms with Crippen LogP contribution in [0, 0.1) is 6.92 Å². The molecule has 3 aromatic rings. The minimum Gasteiger partial charge on any atom is -0.494 e. The van der Waals surface area contributed by atoms with Crippen molar-refractivity contribution in [2.45, 2.75) is 32.6 Å². The van der Waals surface area contributed by atoms with E-state index in [0.29, 0.717) is 24.9 Å². The van der Waals surface area contributed by atoms with Gasteiger partial charge in [0.05, 0.1) is 6.61 Å². The van der Waals surface area contributed by atoms with E-state index < -0.39 is 12.2 Å². The quantitative estimate of drug-likeness (QED) is 0.599. The van der Waals surface area contributed by atoms with Crippen molar-refractivity contribution in [3.8, 4) is 17.1 Å². The monoisotopic (exact) mass is 446 g/mol. The lowest BCUT2D eigenvalue weighted by Gasteiger charge is -2.40. The van der Waals surface area contributed by atoms with Crippen molar-refractivity contribution in [1.29, 1.82) is 0 Å².